The Balaban J connectivity index is 2.29. The quantitative estimate of drug-likeness (QED) is 0.838. The molecule has 7 heteroatoms. The van der Waals surface area contributed by atoms with Crippen molar-refractivity contribution in [1.82, 2.24) is 4.98 Å². The molecule has 0 saturated carbocycles. The Morgan fingerprint density at radius 1 is 1.45 bits per heavy atom. The van der Waals surface area contributed by atoms with Gasteiger partial charge in [-0.15, -0.1) is 11.3 Å². The van der Waals surface area contributed by atoms with Gasteiger partial charge < -0.3 is 5.11 Å². The van der Waals surface area contributed by atoms with E-state index in [-0.39, 0.29) is 29.8 Å². The van der Waals surface area contributed by atoms with E-state index in [0.717, 1.165) is 16.2 Å². The molecule has 1 N–H and O–H groups in total. The molecule has 6 nitrogen and oxygen atoms in total. The Hall–Kier alpha value is -1.76. The van der Waals surface area contributed by atoms with Crippen molar-refractivity contribution in [2.24, 2.45) is 5.41 Å². The first kappa shape index (κ1) is 14.6. The maximum absolute atomic E-state index is 12.5. The lowest BCUT2D eigenvalue weighted by atomic mass is 9.81. The van der Waals surface area contributed by atoms with Crippen LogP contribution in [0.5, 0.6) is 0 Å². The van der Waals surface area contributed by atoms with Crippen LogP contribution < -0.4 is 4.90 Å². The number of nitrogens with zero attached hydrogens (tertiary/aromatic N) is 2. The van der Waals surface area contributed by atoms with Crippen molar-refractivity contribution in [3.8, 4) is 0 Å². The van der Waals surface area contributed by atoms with Gasteiger partial charge in [-0.1, -0.05) is 13.8 Å². The minimum atomic E-state index is -0.989. The van der Waals surface area contributed by atoms with Crippen LogP contribution in [0.2, 0.25) is 0 Å². The van der Waals surface area contributed by atoms with Crippen LogP contribution in [0.4, 0.5) is 5.13 Å². The summed E-state index contributed by atoms with van der Waals surface area (Å²) < 4.78 is 0. The van der Waals surface area contributed by atoms with Gasteiger partial charge >= 0.3 is 5.97 Å². The number of amides is 2. The predicted octanol–water partition coefficient (Wildman–Crippen LogP) is 1.84. The van der Waals surface area contributed by atoms with Gasteiger partial charge in [0.2, 0.25) is 11.8 Å². The Morgan fingerprint density at radius 2 is 2.10 bits per heavy atom. The van der Waals surface area contributed by atoms with Crippen molar-refractivity contribution in [1.29, 1.82) is 0 Å². The molecule has 1 fully saturated rings. The van der Waals surface area contributed by atoms with Crippen molar-refractivity contribution in [2.75, 3.05) is 4.90 Å². The topological polar surface area (TPSA) is 87.6 Å². The van der Waals surface area contributed by atoms with Crippen LogP contribution in [-0.4, -0.2) is 27.9 Å². The summed E-state index contributed by atoms with van der Waals surface area (Å²) in [5.41, 5.74) is -0.265. The van der Waals surface area contributed by atoms with Gasteiger partial charge in [0.05, 0.1) is 17.5 Å². The number of hydrogen-bond acceptors (Lipinski definition) is 5. The van der Waals surface area contributed by atoms with Gasteiger partial charge in [-0.3, -0.25) is 14.4 Å². The summed E-state index contributed by atoms with van der Waals surface area (Å²) in [7, 11) is 0. The van der Waals surface area contributed by atoms with E-state index in [4.69, 9.17) is 5.11 Å². The summed E-state index contributed by atoms with van der Waals surface area (Å²) in [5.74, 6) is -1.46. The number of imide groups is 1. The summed E-state index contributed by atoms with van der Waals surface area (Å²) >= 11 is 1.13. The first-order chi connectivity index (χ1) is 9.43. The van der Waals surface area contributed by atoms with Gasteiger partial charge in [-0.05, 0) is 12.8 Å². The van der Waals surface area contributed by atoms with Crippen LogP contribution in [0.1, 0.15) is 38.8 Å². The molecule has 1 aliphatic rings. The van der Waals surface area contributed by atoms with Gasteiger partial charge in [0, 0.05) is 11.8 Å². The molecule has 0 spiro atoms. The molecule has 2 amide bonds. The third-order valence-corrected chi connectivity index (χ3v) is 4.69. The van der Waals surface area contributed by atoms with Gasteiger partial charge in [-0.2, -0.15) is 0 Å². The summed E-state index contributed by atoms with van der Waals surface area (Å²) in [4.78, 5) is 40.4. The van der Waals surface area contributed by atoms with E-state index in [1.54, 1.807) is 5.38 Å². The second-order valence-corrected chi connectivity index (χ2v) is 5.73. The molecule has 0 unspecified atom stereocenters. The highest BCUT2D eigenvalue weighted by Crippen LogP contribution is 2.41. The molecule has 1 aliphatic heterocycles. The molecular weight excluding hydrogens is 280 g/mol. The molecule has 20 heavy (non-hydrogen) atoms. The van der Waals surface area contributed by atoms with E-state index >= 15 is 0 Å². The third-order valence-electron chi connectivity index (χ3n) is 3.81. The SMILES string of the molecule is CCC1(CC)CC(=O)N(c2nc(CC(=O)O)cs2)C1=O. The number of aliphatic carboxylic acids is 1. The number of carbonyl (C=O) groups is 3. The van der Waals surface area contributed by atoms with Crippen LogP contribution in [0, 0.1) is 5.41 Å². The number of carbonyl (C=O) groups excluding carboxylic acids is 2. The molecule has 0 aliphatic carbocycles. The van der Waals surface area contributed by atoms with Crippen molar-refractivity contribution in [3.05, 3.63) is 11.1 Å². The molecule has 2 rings (SSSR count). The van der Waals surface area contributed by atoms with E-state index in [2.05, 4.69) is 4.98 Å². The average molecular weight is 296 g/mol. The lowest BCUT2D eigenvalue weighted by Gasteiger charge is -2.22. The van der Waals surface area contributed by atoms with Crippen molar-refractivity contribution < 1.29 is 19.5 Å². The highest BCUT2D eigenvalue weighted by Gasteiger charge is 2.50. The standard InChI is InChI=1S/C13H16N2O4S/c1-3-13(4-2)6-9(16)15(11(13)19)12-14-8(7-20-12)5-10(17)18/h7H,3-6H2,1-2H3,(H,17,18). The van der Waals surface area contributed by atoms with Crippen LogP contribution in [0.25, 0.3) is 0 Å². The summed E-state index contributed by atoms with van der Waals surface area (Å²) in [6.07, 6.45) is 1.21. The maximum Gasteiger partial charge on any atom is 0.309 e. The normalized spacial score (nSPS) is 17.8. The largest absolute Gasteiger partial charge is 0.481 e. The first-order valence-electron chi connectivity index (χ1n) is 6.47. The van der Waals surface area contributed by atoms with Crippen LogP contribution in [0.15, 0.2) is 5.38 Å². The molecule has 0 radical (unpaired) electrons. The summed E-state index contributed by atoms with van der Waals surface area (Å²) in [5, 5.41) is 10.6. The zero-order valence-corrected chi connectivity index (χ0v) is 12.2. The molecule has 1 saturated heterocycles. The maximum atomic E-state index is 12.5. The average Bonchev–Trinajstić information content (AvgIpc) is 2.92. The number of anilines is 1. The number of carboxylic acid groups (broad SMARTS) is 1. The lowest BCUT2D eigenvalue weighted by Crippen LogP contribution is -2.35. The summed E-state index contributed by atoms with van der Waals surface area (Å²) in [6.45, 7) is 3.80. The van der Waals surface area contributed by atoms with Gasteiger partial charge in [0.15, 0.2) is 5.13 Å². The highest BCUT2D eigenvalue weighted by molar-refractivity contribution is 7.14. The van der Waals surface area contributed by atoms with E-state index in [1.807, 2.05) is 13.8 Å². The number of carboxylic acids is 1. The smallest absolute Gasteiger partial charge is 0.309 e. The van der Waals surface area contributed by atoms with E-state index < -0.39 is 11.4 Å². The minimum absolute atomic E-state index is 0.201. The van der Waals surface area contributed by atoms with Gasteiger partial charge in [-0.25, -0.2) is 9.88 Å². The predicted molar refractivity (Wildman–Crippen MR) is 73.6 cm³/mol. The zero-order valence-electron chi connectivity index (χ0n) is 11.4. The van der Waals surface area contributed by atoms with Crippen LogP contribution in [0.3, 0.4) is 0 Å². The van der Waals surface area contributed by atoms with E-state index in [9.17, 15) is 14.4 Å². The summed E-state index contributed by atoms with van der Waals surface area (Å²) in [6, 6.07) is 0. The number of aromatic nitrogens is 1. The Morgan fingerprint density at radius 3 is 2.60 bits per heavy atom. The molecule has 2 heterocycles. The third kappa shape index (κ3) is 2.33. The fraction of sp³-hybridized carbons (Fsp3) is 0.538. The monoisotopic (exact) mass is 296 g/mol. The molecule has 1 aromatic heterocycles. The van der Waals surface area contributed by atoms with E-state index in [1.165, 1.54) is 0 Å². The zero-order chi connectivity index (χ0) is 14.9. The van der Waals surface area contributed by atoms with Gasteiger partial charge in [0.1, 0.15) is 0 Å². The second-order valence-electron chi connectivity index (χ2n) is 4.89. The Labute approximate surface area is 120 Å². The highest BCUT2D eigenvalue weighted by atomic mass is 32.1. The lowest BCUT2D eigenvalue weighted by molar-refractivity contribution is -0.136. The Kier molecular flexibility index (Phi) is 3.89. The molecule has 0 atom stereocenters. The molecule has 0 bridgehead atoms. The molecule has 0 aromatic carbocycles. The fourth-order valence-electron chi connectivity index (χ4n) is 2.43. The molecular formula is C13H16N2O4S. The van der Waals surface area contributed by atoms with Crippen molar-refractivity contribution >= 4 is 34.3 Å². The second kappa shape index (κ2) is 5.32. The fourth-order valence-corrected chi connectivity index (χ4v) is 3.26. The first-order valence-corrected chi connectivity index (χ1v) is 7.35. The van der Waals surface area contributed by atoms with E-state index in [0.29, 0.717) is 18.5 Å². The number of thiazole rings is 1. The number of rotatable bonds is 5. The minimum Gasteiger partial charge on any atom is -0.481 e. The van der Waals surface area contributed by atoms with Gasteiger partial charge in [0.25, 0.3) is 0 Å². The molecule has 108 valence electrons. The van der Waals surface area contributed by atoms with Crippen molar-refractivity contribution in [2.45, 2.75) is 39.5 Å². The van der Waals surface area contributed by atoms with Crippen molar-refractivity contribution in [3.63, 3.8) is 0 Å². The Bertz CT molecular complexity index is 562. The molecule has 1 aromatic rings. The number of hydrogen-bond donors (Lipinski definition) is 1. The van der Waals surface area contributed by atoms with Crippen LogP contribution in [-0.2, 0) is 20.8 Å². The van der Waals surface area contributed by atoms with Crippen LogP contribution >= 0.6 is 11.3 Å².